The Kier molecular flexibility index (Phi) is 8.30. The first kappa shape index (κ1) is 25.8. The van der Waals surface area contributed by atoms with E-state index in [2.05, 4.69) is 15.2 Å². The number of carbonyl (C=O) groups excluding carboxylic acids is 1. The Balaban J connectivity index is 1.24. The van der Waals surface area contributed by atoms with Gasteiger partial charge < -0.3 is 15.7 Å². The summed E-state index contributed by atoms with van der Waals surface area (Å²) < 4.78 is 1.92. The number of aryl methyl sites for hydroxylation is 2. The van der Waals surface area contributed by atoms with Crippen molar-refractivity contribution < 1.29 is 9.90 Å². The number of rotatable bonds is 10. The van der Waals surface area contributed by atoms with Crippen molar-refractivity contribution in [1.82, 2.24) is 24.5 Å². The van der Waals surface area contributed by atoms with Gasteiger partial charge in [0.25, 0.3) is 5.91 Å². The molecule has 0 radical (unpaired) electrons. The van der Waals surface area contributed by atoms with Crippen LogP contribution in [0.1, 0.15) is 58.2 Å². The van der Waals surface area contributed by atoms with Crippen molar-refractivity contribution in [3.05, 3.63) is 94.2 Å². The standard InChI is InChI=1S/C27H31ClN6O2/c1-18-31-32-25-14-9-20(17-34(18)25)16-33(2)27(36)21-10-7-19(8-11-21)5-3-4-6-23(29)26(35)22-12-13-24(28)30-15-22/h7-15,17,23,26,35H,3-6,16,29H2,1-2H3. The van der Waals surface area contributed by atoms with E-state index in [1.54, 1.807) is 30.3 Å². The quantitative estimate of drug-likeness (QED) is 0.247. The van der Waals surface area contributed by atoms with E-state index in [4.69, 9.17) is 17.3 Å². The molecule has 0 aliphatic carbocycles. The number of hydrogen-bond acceptors (Lipinski definition) is 6. The number of fused-ring (bicyclic) bond motifs is 1. The molecule has 1 aromatic carbocycles. The van der Waals surface area contributed by atoms with Gasteiger partial charge >= 0.3 is 0 Å². The largest absolute Gasteiger partial charge is 0.387 e. The maximum Gasteiger partial charge on any atom is 0.253 e. The molecule has 0 spiro atoms. The average Bonchev–Trinajstić information content (AvgIpc) is 3.26. The Morgan fingerprint density at radius 1 is 1.08 bits per heavy atom. The van der Waals surface area contributed by atoms with Crippen molar-refractivity contribution in [2.75, 3.05) is 7.05 Å². The third kappa shape index (κ3) is 6.26. The lowest BCUT2D eigenvalue weighted by Gasteiger charge is -2.19. The molecule has 0 aliphatic heterocycles. The summed E-state index contributed by atoms with van der Waals surface area (Å²) >= 11 is 5.80. The number of aliphatic hydroxyl groups excluding tert-OH is 1. The van der Waals surface area contributed by atoms with Crippen LogP contribution >= 0.6 is 11.6 Å². The maximum atomic E-state index is 12.9. The number of amides is 1. The average molecular weight is 507 g/mol. The summed E-state index contributed by atoms with van der Waals surface area (Å²) in [5, 5.41) is 19.0. The number of nitrogens with two attached hydrogens (primary N) is 1. The Morgan fingerprint density at radius 3 is 2.56 bits per heavy atom. The number of pyridine rings is 2. The zero-order valence-corrected chi connectivity index (χ0v) is 21.3. The maximum absolute atomic E-state index is 12.9. The van der Waals surface area contributed by atoms with Gasteiger partial charge in [0.05, 0.1) is 6.10 Å². The van der Waals surface area contributed by atoms with Gasteiger partial charge in [-0.15, -0.1) is 10.2 Å². The van der Waals surface area contributed by atoms with Crippen LogP contribution in [-0.2, 0) is 13.0 Å². The van der Waals surface area contributed by atoms with E-state index in [-0.39, 0.29) is 11.9 Å². The minimum atomic E-state index is -0.764. The molecule has 0 bridgehead atoms. The molecule has 3 N–H and O–H groups in total. The molecular weight excluding hydrogens is 476 g/mol. The molecule has 4 rings (SSSR count). The fraction of sp³-hybridized carbons (Fsp3) is 0.333. The van der Waals surface area contributed by atoms with Gasteiger partial charge in [0.1, 0.15) is 11.0 Å². The third-order valence-corrected chi connectivity index (χ3v) is 6.58. The lowest BCUT2D eigenvalue weighted by atomic mass is 9.98. The van der Waals surface area contributed by atoms with Crippen molar-refractivity contribution in [2.24, 2.45) is 5.73 Å². The minimum absolute atomic E-state index is 0.0289. The Bertz CT molecular complexity index is 1310. The van der Waals surface area contributed by atoms with E-state index in [0.717, 1.165) is 36.3 Å². The molecule has 2 atom stereocenters. The number of nitrogens with zero attached hydrogens (tertiary/aromatic N) is 5. The summed E-state index contributed by atoms with van der Waals surface area (Å²) in [7, 11) is 1.80. The number of hydrogen-bond donors (Lipinski definition) is 2. The zero-order valence-electron chi connectivity index (χ0n) is 20.5. The second kappa shape index (κ2) is 11.6. The Hall–Kier alpha value is -3.33. The number of carbonyl (C=O) groups is 1. The van der Waals surface area contributed by atoms with E-state index < -0.39 is 6.10 Å². The number of benzene rings is 1. The van der Waals surface area contributed by atoms with Gasteiger partial charge in [-0.3, -0.25) is 9.20 Å². The summed E-state index contributed by atoms with van der Waals surface area (Å²) in [5.74, 6) is 0.784. The second-order valence-electron chi connectivity index (χ2n) is 9.14. The van der Waals surface area contributed by atoms with E-state index >= 15 is 0 Å². The van der Waals surface area contributed by atoms with E-state index in [1.807, 2.05) is 53.9 Å². The summed E-state index contributed by atoms with van der Waals surface area (Å²) in [6.45, 7) is 2.39. The Morgan fingerprint density at radius 2 is 1.83 bits per heavy atom. The number of unbranched alkanes of at least 4 members (excludes halogenated alkanes) is 1. The number of halogens is 1. The van der Waals surface area contributed by atoms with Crippen molar-refractivity contribution in [3.63, 3.8) is 0 Å². The minimum Gasteiger partial charge on any atom is -0.387 e. The monoisotopic (exact) mass is 506 g/mol. The highest BCUT2D eigenvalue weighted by Crippen LogP contribution is 2.20. The van der Waals surface area contributed by atoms with E-state index in [1.165, 1.54) is 5.56 Å². The highest BCUT2D eigenvalue weighted by atomic mass is 35.5. The van der Waals surface area contributed by atoms with Gasteiger partial charge in [-0.1, -0.05) is 42.3 Å². The Labute approximate surface area is 215 Å². The van der Waals surface area contributed by atoms with Crippen molar-refractivity contribution in [2.45, 2.75) is 51.3 Å². The van der Waals surface area contributed by atoms with Gasteiger partial charge in [-0.05, 0) is 61.6 Å². The van der Waals surface area contributed by atoms with Crippen molar-refractivity contribution in [3.8, 4) is 0 Å². The van der Waals surface area contributed by atoms with Crippen LogP contribution in [0.5, 0.6) is 0 Å². The van der Waals surface area contributed by atoms with Crippen molar-refractivity contribution >= 4 is 23.2 Å². The summed E-state index contributed by atoms with van der Waals surface area (Å²) in [5.41, 5.74) is 10.5. The lowest BCUT2D eigenvalue weighted by molar-refractivity contribution is 0.0785. The molecule has 8 nitrogen and oxygen atoms in total. The smallest absolute Gasteiger partial charge is 0.253 e. The van der Waals surface area contributed by atoms with Crippen LogP contribution in [0.4, 0.5) is 0 Å². The highest BCUT2D eigenvalue weighted by molar-refractivity contribution is 6.29. The van der Waals surface area contributed by atoms with Gasteiger partial charge in [0.15, 0.2) is 5.65 Å². The second-order valence-corrected chi connectivity index (χ2v) is 9.53. The normalized spacial score (nSPS) is 13.0. The van der Waals surface area contributed by atoms with Crippen LogP contribution in [0.15, 0.2) is 60.9 Å². The first-order valence-electron chi connectivity index (χ1n) is 12.0. The summed E-state index contributed by atoms with van der Waals surface area (Å²) in [6.07, 6.45) is 6.17. The molecule has 0 fully saturated rings. The SMILES string of the molecule is Cc1nnc2ccc(CN(C)C(=O)c3ccc(CCCCC(N)C(O)c4ccc(Cl)nc4)cc3)cn12. The highest BCUT2D eigenvalue weighted by Gasteiger charge is 2.17. The topological polar surface area (TPSA) is 110 Å². The molecule has 0 saturated heterocycles. The van der Waals surface area contributed by atoms with Crippen molar-refractivity contribution in [1.29, 1.82) is 0 Å². The molecule has 1 amide bonds. The molecule has 0 saturated carbocycles. The van der Waals surface area contributed by atoms with Gasteiger partial charge in [-0.25, -0.2) is 4.98 Å². The fourth-order valence-electron chi connectivity index (χ4n) is 4.20. The molecule has 2 unspecified atom stereocenters. The van der Waals surface area contributed by atoms with Gasteiger partial charge in [0, 0.05) is 43.2 Å². The molecule has 0 aliphatic rings. The lowest BCUT2D eigenvalue weighted by Crippen LogP contribution is -2.28. The molecule has 9 heteroatoms. The van der Waals surface area contributed by atoms with Crippen LogP contribution in [0.2, 0.25) is 5.15 Å². The predicted octanol–water partition coefficient (Wildman–Crippen LogP) is 4.13. The molecule has 4 aromatic rings. The first-order valence-corrected chi connectivity index (χ1v) is 12.4. The fourth-order valence-corrected chi connectivity index (χ4v) is 4.31. The van der Waals surface area contributed by atoms with Crippen LogP contribution < -0.4 is 5.73 Å². The molecular formula is C27H31ClN6O2. The van der Waals surface area contributed by atoms with Crippen LogP contribution in [-0.4, -0.2) is 48.6 Å². The number of aliphatic hydroxyl groups is 1. The zero-order chi connectivity index (χ0) is 25.7. The van der Waals surface area contributed by atoms with Crippen LogP contribution in [0.25, 0.3) is 5.65 Å². The van der Waals surface area contributed by atoms with Crippen LogP contribution in [0.3, 0.4) is 0 Å². The third-order valence-electron chi connectivity index (χ3n) is 6.35. The van der Waals surface area contributed by atoms with E-state index in [0.29, 0.717) is 29.2 Å². The summed E-state index contributed by atoms with van der Waals surface area (Å²) in [6, 6.07) is 14.7. The molecule has 3 heterocycles. The van der Waals surface area contributed by atoms with E-state index in [9.17, 15) is 9.90 Å². The summed E-state index contributed by atoms with van der Waals surface area (Å²) in [4.78, 5) is 18.6. The number of aromatic nitrogens is 4. The van der Waals surface area contributed by atoms with Crippen LogP contribution in [0, 0.1) is 6.92 Å². The predicted molar refractivity (Wildman–Crippen MR) is 140 cm³/mol. The molecule has 188 valence electrons. The molecule has 36 heavy (non-hydrogen) atoms. The first-order chi connectivity index (χ1) is 17.3. The molecule has 3 aromatic heterocycles. The van der Waals surface area contributed by atoms with Gasteiger partial charge in [-0.2, -0.15) is 0 Å². The van der Waals surface area contributed by atoms with Gasteiger partial charge in [0.2, 0.25) is 0 Å².